The summed E-state index contributed by atoms with van der Waals surface area (Å²) in [5, 5.41) is 26.0. The summed E-state index contributed by atoms with van der Waals surface area (Å²) in [5.41, 5.74) is 28.3. The predicted octanol–water partition coefficient (Wildman–Crippen LogP) is 2.08. The molecule has 0 aromatic heterocycles. The maximum atomic E-state index is 14.0. The second-order valence-corrected chi connectivity index (χ2v) is 19.8. The molecule has 0 aliphatic carbocycles. The van der Waals surface area contributed by atoms with E-state index in [-0.39, 0.29) is 37.2 Å². The van der Waals surface area contributed by atoms with Gasteiger partial charge in [0.15, 0.2) is 0 Å². The van der Waals surface area contributed by atoms with E-state index in [0.29, 0.717) is 96.1 Å². The molecule has 0 radical (unpaired) electrons. The van der Waals surface area contributed by atoms with Gasteiger partial charge in [0, 0.05) is 31.3 Å². The van der Waals surface area contributed by atoms with Crippen molar-refractivity contribution in [2.45, 2.75) is 223 Å². The van der Waals surface area contributed by atoms with Crippen molar-refractivity contribution in [3.8, 4) is 0 Å². The second-order valence-electron chi connectivity index (χ2n) is 18.6. The first-order valence-corrected chi connectivity index (χ1v) is 27.9. The predicted molar refractivity (Wildman–Crippen MR) is 282 cm³/mol. The first kappa shape index (κ1) is 67.1. The van der Waals surface area contributed by atoms with Crippen molar-refractivity contribution in [1.82, 2.24) is 31.9 Å². The maximum Gasteiger partial charge on any atom is 0.245 e. The number of carbonyl (C=O) groups is 8. The number of hydrogen-bond donors (Lipinski definition) is 12. The number of primary amides is 1. The van der Waals surface area contributed by atoms with E-state index in [9.17, 15) is 43.5 Å². The highest BCUT2D eigenvalue weighted by molar-refractivity contribution is 7.99. The molecule has 0 aliphatic rings. The summed E-state index contributed by atoms with van der Waals surface area (Å²) in [6.07, 6.45) is 21.4. The quantitative estimate of drug-likeness (QED) is 0.0389. The van der Waals surface area contributed by atoms with Crippen molar-refractivity contribution < 1.29 is 43.5 Å². The minimum absolute atomic E-state index is 0.0873. The largest absolute Gasteiger partial charge is 0.394 e. The van der Waals surface area contributed by atoms with Gasteiger partial charge in [-0.1, -0.05) is 84.0 Å². The zero-order valence-corrected chi connectivity index (χ0v) is 44.3. The maximum absolute atomic E-state index is 14.0. The Morgan fingerprint density at radius 2 is 0.761 bits per heavy atom. The van der Waals surface area contributed by atoms with Crippen molar-refractivity contribution in [2.75, 3.05) is 44.3 Å². The van der Waals surface area contributed by atoms with Gasteiger partial charge in [-0.3, -0.25) is 38.4 Å². The third-order valence-electron chi connectivity index (χ3n) is 12.2. The molecule has 7 amide bonds. The molecule has 0 saturated carbocycles. The number of carbonyl (C=O) groups excluding carboxylic acids is 8. The Morgan fingerprint density at radius 1 is 0.423 bits per heavy atom. The standard InChI is InChI=1S/C50H97N11O9S/c1-3-4-5-6-7-8-9-10-11-12-13-14-15-24-38(64)29-34-71-36-44(56-37(2)63)50(70)61-43(35-62)49(69)60-42(28-19-23-33-54)48(68)59-41(27-18-22-32-53)47(67)58-40(26-17-21-31-52)46(66)57-39(45(55)65)25-16-20-30-51/h39-44,62H,3-36,51-54H2,1-2H3,(H2,55,65)(H,56,63)(H,57,66)(H,58,67)(H,59,68)(H,60,69)(H,61,70)/t39-,40-,41-,42-,43-,44-/m0/s1. The first-order chi connectivity index (χ1) is 34.2. The SMILES string of the molecule is CCCCCCCCCCCCCCCC(=O)CCSC[C@H](NC(C)=O)C(=O)N[C@@H](CO)C(=O)N[C@@H](CCCCN)C(=O)N[C@@H](CCCCN)C(=O)N[C@@H](CCCCN)C(=O)N[C@@H](CCCCN)C(N)=O. The second kappa shape index (κ2) is 44.8. The topological polar surface area (TPSA) is 359 Å². The highest BCUT2D eigenvalue weighted by atomic mass is 32.2. The molecule has 0 aliphatic heterocycles. The van der Waals surface area contributed by atoms with Crippen LogP contribution in [0.2, 0.25) is 0 Å². The summed E-state index contributed by atoms with van der Waals surface area (Å²) in [7, 11) is 0. The number of aliphatic hydroxyl groups is 1. The lowest BCUT2D eigenvalue weighted by molar-refractivity contribution is -0.136. The Hall–Kier alpha value is -3.89. The molecular weight excluding hydrogens is 931 g/mol. The summed E-state index contributed by atoms with van der Waals surface area (Å²) < 4.78 is 0. The molecule has 0 aromatic carbocycles. The summed E-state index contributed by atoms with van der Waals surface area (Å²) in [6, 6.07) is -7.12. The van der Waals surface area contributed by atoms with Gasteiger partial charge in [0.1, 0.15) is 42.0 Å². The number of hydrogen-bond acceptors (Lipinski definition) is 14. The van der Waals surface area contributed by atoms with E-state index in [1.54, 1.807) is 0 Å². The van der Waals surface area contributed by atoms with Gasteiger partial charge < -0.3 is 65.7 Å². The molecule has 0 spiro atoms. The zero-order valence-electron chi connectivity index (χ0n) is 43.5. The van der Waals surface area contributed by atoms with Crippen molar-refractivity contribution in [1.29, 1.82) is 0 Å². The molecule has 0 bridgehead atoms. The highest BCUT2D eigenvalue weighted by Crippen LogP contribution is 2.15. The lowest BCUT2D eigenvalue weighted by atomic mass is 10.0. The van der Waals surface area contributed by atoms with Gasteiger partial charge in [0.25, 0.3) is 0 Å². The molecule has 0 fully saturated rings. The third-order valence-corrected chi connectivity index (χ3v) is 13.3. The van der Waals surface area contributed by atoms with E-state index in [2.05, 4.69) is 38.8 Å². The van der Waals surface area contributed by atoms with Crippen LogP contribution >= 0.6 is 11.8 Å². The Kier molecular flexibility index (Phi) is 42.3. The lowest BCUT2D eigenvalue weighted by Gasteiger charge is -2.27. The van der Waals surface area contributed by atoms with Gasteiger partial charge in [-0.05, 0) is 110 Å². The third kappa shape index (κ3) is 35.0. The fourth-order valence-electron chi connectivity index (χ4n) is 7.90. The van der Waals surface area contributed by atoms with Gasteiger partial charge in [0.2, 0.25) is 41.4 Å². The lowest BCUT2D eigenvalue weighted by Crippen LogP contribution is -2.60. The molecule has 6 atom stereocenters. The van der Waals surface area contributed by atoms with Crippen LogP contribution in [-0.4, -0.2) is 133 Å². The van der Waals surface area contributed by atoms with Crippen LogP contribution in [0.25, 0.3) is 0 Å². The molecule has 21 heteroatoms. The van der Waals surface area contributed by atoms with Crippen LogP contribution in [0, 0.1) is 0 Å². The number of nitrogens with two attached hydrogens (primary N) is 5. The highest BCUT2D eigenvalue weighted by Gasteiger charge is 2.33. The van der Waals surface area contributed by atoms with Gasteiger partial charge in [0.05, 0.1) is 6.61 Å². The van der Waals surface area contributed by atoms with Crippen molar-refractivity contribution in [3.63, 3.8) is 0 Å². The van der Waals surface area contributed by atoms with Crippen LogP contribution in [0.4, 0.5) is 0 Å². The van der Waals surface area contributed by atoms with Gasteiger partial charge in [-0.15, -0.1) is 0 Å². The number of aliphatic hydroxyl groups excluding tert-OH is 1. The van der Waals surface area contributed by atoms with E-state index >= 15 is 0 Å². The summed E-state index contributed by atoms with van der Waals surface area (Å²) in [4.78, 5) is 105. The number of nitrogens with one attached hydrogen (secondary N) is 6. The normalized spacial score (nSPS) is 13.7. The summed E-state index contributed by atoms with van der Waals surface area (Å²) >= 11 is 1.31. The molecule has 0 heterocycles. The monoisotopic (exact) mass is 1030 g/mol. The van der Waals surface area contributed by atoms with Crippen LogP contribution in [0.15, 0.2) is 0 Å². The van der Waals surface area contributed by atoms with Crippen LogP contribution in [0.1, 0.15) is 187 Å². The smallest absolute Gasteiger partial charge is 0.245 e. The zero-order chi connectivity index (χ0) is 53.1. The first-order valence-electron chi connectivity index (χ1n) is 26.8. The van der Waals surface area contributed by atoms with Crippen LogP contribution in [-0.2, 0) is 38.4 Å². The van der Waals surface area contributed by atoms with E-state index < -0.39 is 84.2 Å². The van der Waals surface area contributed by atoms with Crippen molar-refractivity contribution in [3.05, 3.63) is 0 Å². The average molecular weight is 1030 g/mol. The molecule has 0 unspecified atom stereocenters. The number of Topliss-reactive ketones (excluding diaryl/α,β-unsaturated/α-hetero) is 1. The molecule has 0 rings (SSSR count). The van der Waals surface area contributed by atoms with Gasteiger partial charge in [-0.2, -0.15) is 11.8 Å². The van der Waals surface area contributed by atoms with Crippen LogP contribution < -0.4 is 60.6 Å². The van der Waals surface area contributed by atoms with Crippen LogP contribution in [0.3, 0.4) is 0 Å². The van der Waals surface area contributed by atoms with Gasteiger partial charge >= 0.3 is 0 Å². The number of unbranched alkanes of at least 4 members (excludes halogenated alkanes) is 16. The van der Waals surface area contributed by atoms with Crippen molar-refractivity contribution >= 4 is 58.9 Å². The number of amides is 7. The van der Waals surface area contributed by atoms with E-state index in [1.165, 1.54) is 82.9 Å². The van der Waals surface area contributed by atoms with Gasteiger partial charge in [-0.25, -0.2) is 0 Å². The molecular formula is C50H97N11O9S. The number of ketones is 1. The molecule has 71 heavy (non-hydrogen) atoms. The molecule has 17 N–H and O–H groups in total. The van der Waals surface area contributed by atoms with Crippen LogP contribution in [0.5, 0.6) is 0 Å². The summed E-state index contributed by atoms with van der Waals surface area (Å²) in [6.45, 7) is 4.00. The molecule has 0 saturated heterocycles. The average Bonchev–Trinajstić information content (AvgIpc) is 3.33. The van der Waals surface area contributed by atoms with E-state index in [1.807, 2.05) is 0 Å². The van der Waals surface area contributed by atoms with E-state index in [0.717, 1.165) is 19.3 Å². The Labute approximate surface area is 429 Å². The Morgan fingerprint density at radius 3 is 1.13 bits per heavy atom. The minimum atomic E-state index is -1.52. The van der Waals surface area contributed by atoms with E-state index in [4.69, 9.17) is 28.7 Å². The number of rotatable bonds is 48. The molecule has 0 aromatic rings. The number of thioether (sulfide) groups is 1. The molecule has 412 valence electrons. The minimum Gasteiger partial charge on any atom is -0.394 e. The fourth-order valence-corrected chi connectivity index (χ4v) is 8.91. The van der Waals surface area contributed by atoms with Crippen molar-refractivity contribution in [2.24, 2.45) is 28.7 Å². The summed E-state index contributed by atoms with van der Waals surface area (Å²) in [5.74, 6) is -4.24. The Balaban J connectivity index is 5.63. The Bertz CT molecular complexity index is 1500. The molecule has 20 nitrogen and oxygen atoms in total. The fraction of sp³-hybridized carbons (Fsp3) is 0.840.